The first-order valence-corrected chi connectivity index (χ1v) is 31.6. The van der Waals surface area contributed by atoms with Gasteiger partial charge in [-0.05, 0) is 12.8 Å². The molecule has 0 aromatic rings. The fraction of sp³-hybridized carbons (Fsp3) is 0.984. The standard InChI is InChI=1S/C61H118O14/c1-3-5-7-9-11-13-15-17-19-21-22-23-24-25-26-27-29-31-33-35-37-39-41-43-45-70-47-50(73-53(63)44-42-40-38-36-34-32-30-28-20-18-16-14-12-10-8-6-4-2)48-71-60-59(69)57(67)55(65)52(75-60)49-72-61-58(68)56(66)54(64)51(46-62)74-61/h50-52,54-62,64-69H,3-49H2,1-2H3. The molecule has 2 saturated heterocycles. The molecule has 7 N–H and O–H groups in total. The van der Waals surface area contributed by atoms with Crippen LogP contribution < -0.4 is 0 Å². The third kappa shape index (κ3) is 35.4. The van der Waals surface area contributed by atoms with Gasteiger partial charge in [0.2, 0.25) is 0 Å². The van der Waals surface area contributed by atoms with Crippen molar-refractivity contribution >= 4 is 5.97 Å². The van der Waals surface area contributed by atoms with Crippen molar-refractivity contribution in [1.82, 2.24) is 0 Å². The molecule has 11 unspecified atom stereocenters. The van der Waals surface area contributed by atoms with Crippen molar-refractivity contribution < 1.29 is 69.0 Å². The van der Waals surface area contributed by atoms with Gasteiger partial charge in [-0.15, -0.1) is 0 Å². The number of rotatable bonds is 53. The predicted octanol–water partition coefficient (Wildman–Crippen LogP) is 12.0. The SMILES string of the molecule is CCCCCCCCCCCCCCCCCCCCCCCCCCOCC(COC1OC(COC2OC(CO)C(O)C(O)C2O)C(O)C(O)C1O)OC(=O)CCCCCCCCCCCCCCCCCCC. The first-order chi connectivity index (χ1) is 36.6. The van der Waals surface area contributed by atoms with E-state index in [1.165, 1.54) is 218 Å². The van der Waals surface area contributed by atoms with Crippen molar-refractivity contribution in [2.75, 3.05) is 33.0 Å². The Bertz CT molecular complexity index is 1250. The highest BCUT2D eigenvalue weighted by molar-refractivity contribution is 5.69. The molecule has 14 heteroatoms. The van der Waals surface area contributed by atoms with Crippen LogP contribution in [0.25, 0.3) is 0 Å². The smallest absolute Gasteiger partial charge is 0.306 e. The largest absolute Gasteiger partial charge is 0.457 e. The molecule has 0 amide bonds. The Labute approximate surface area is 457 Å². The second-order valence-electron chi connectivity index (χ2n) is 22.6. The molecule has 0 bridgehead atoms. The number of esters is 1. The van der Waals surface area contributed by atoms with E-state index in [1.54, 1.807) is 0 Å². The summed E-state index contributed by atoms with van der Waals surface area (Å²) in [5.74, 6) is -0.366. The molecule has 0 aromatic carbocycles. The molecular formula is C61H118O14. The number of hydrogen-bond donors (Lipinski definition) is 7. The van der Waals surface area contributed by atoms with Gasteiger partial charge in [0.15, 0.2) is 12.6 Å². The van der Waals surface area contributed by atoms with Gasteiger partial charge in [0.1, 0.15) is 54.9 Å². The molecule has 11 atom stereocenters. The predicted molar refractivity (Wildman–Crippen MR) is 298 cm³/mol. The number of carbonyl (C=O) groups is 1. The summed E-state index contributed by atoms with van der Waals surface area (Å²) in [6.45, 7) is 3.78. The summed E-state index contributed by atoms with van der Waals surface area (Å²) in [7, 11) is 0. The minimum atomic E-state index is -1.70. The molecule has 0 saturated carbocycles. The summed E-state index contributed by atoms with van der Waals surface area (Å²) in [6.07, 6.45) is 37.4. The van der Waals surface area contributed by atoms with Crippen molar-refractivity contribution in [1.29, 1.82) is 0 Å². The molecule has 2 aliphatic rings. The van der Waals surface area contributed by atoms with Crippen LogP contribution in [0.4, 0.5) is 0 Å². The number of carbonyl (C=O) groups excluding carboxylic acids is 1. The lowest BCUT2D eigenvalue weighted by molar-refractivity contribution is -0.332. The van der Waals surface area contributed by atoms with E-state index in [4.69, 9.17) is 28.4 Å². The molecule has 14 nitrogen and oxygen atoms in total. The van der Waals surface area contributed by atoms with Crippen LogP contribution in [-0.2, 0) is 33.2 Å². The Morgan fingerprint density at radius 2 is 0.707 bits per heavy atom. The van der Waals surface area contributed by atoms with E-state index in [1.807, 2.05) is 0 Å². The van der Waals surface area contributed by atoms with E-state index >= 15 is 0 Å². The van der Waals surface area contributed by atoms with E-state index in [0.717, 1.165) is 44.9 Å². The van der Waals surface area contributed by atoms with Crippen LogP contribution in [0.15, 0.2) is 0 Å². The Hall–Kier alpha value is -1.01. The Kier molecular flexibility index (Phi) is 45.7. The molecule has 2 aliphatic heterocycles. The van der Waals surface area contributed by atoms with Crippen LogP contribution in [0.2, 0.25) is 0 Å². The second-order valence-corrected chi connectivity index (χ2v) is 22.6. The summed E-state index contributed by atoms with van der Waals surface area (Å²) < 4.78 is 34.5. The fourth-order valence-electron chi connectivity index (χ4n) is 10.5. The van der Waals surface area contributed by atoms with Gasteiger partial charge in [0.25, 0.3) is 0 Å². The summed E-state index contributed by atoms with van der Waals surface area (Å²) in [5.41, 5.74) is 0. The lowest BCUT2D eigenvalue weighted by atomic mass is 9.98. The van der Waals surface area contributed by atoms with Crippen LogP contribution >= 0.6 is 0 Å². The summed E-state index contributed by atoms with van der Waals surface area (Å²) in [6, 6.07) is 0. The number of aliphatic hydroxyl groups is 7. The van der Waals surface area contributed by atoms with Crippen LogP contribution in [-0.4, -0.2) is 142 Å². The minimum absolute atomic E-state index is 0.0712. The van der Waals surface area contributed by atoms with E-state index < -0.39 is 80.7 Å². The first kappa shape index (κ1) is 70.1. The summed E-state index contributed by atoms with van der Waals surface area (Å²) in [4.78, 5) is 13.1. The topological polar surface area (TPSA) is 214 Å². The van der Waals surface area contributed by atoms with Gasteiger partial charge >= 0.3 is 5.97 Å². The Morgan fingerprint density at radius 1 is 0.387 bits per heavy atom. The number of hydrogen-bond acceptors (Lipinski definition) is 14. The Morgan fingerprint density at radius 3 is 1.08 bits per heavy atom. The average Bonchev–Trinajstić information content (AvgIpc) is 3.41. The highest BCUT2D eigenvalue weighted by Gasteiger charge is 2.47. The highest BCUT2D eigenvalue weighted by Crippen LogP contribution is 2.27. The lowest BCUT2D eigenvalue weighted by Crippen LogP contribution is -2.61. The molecule has 0 aliphatic carbocycles. The summed E-state index contributed by atoms with van der Waals surface area (Å²) >= 11 is 0. The first-order valence-electron chi connectivity index (χ1n) is 31.6. The third-order valence-corrected chi connectivity index (χ3v) is 15.6. The third-order valence-electron chi connectivity index (χ3n) is 15.6. The van der Waals surface area contributed by atoms with E-state index in [9.17, 15) is 40.5 Å². The highest BCUT2D eigenvalue weighted by atomic mass is 16.7. The van der Waals surface area contributed by atoms with Gasteiger partial charge in [0, 0.05) is 13.0 Å². The van der Waals surface area contributed by atoms with E-state index in [-0.39, 0.29) is 25.6 Å². The van der Waals surface area contributed by atoms with Crippen LogP contribution in [0, 0.1) is 0 Å². The second kappa shape index (κ2) is 48.9. The molecule has 0 aromatic heterocycles. The zero-order valence-electron chi connectivity index (χ0n) is 48.1. The van der Waals surface area contributed by atoms with Crippen molar-refractivity contribution in [2.24, 2.45) is 0 Å². The van der Waals surface area contributed by atoms with Gasteiger partial charge in [-0.2, -0.15) is 0 Å². The van der Waals surface area contributed by atoms with E-state index in [2.05, 4.69) is 13.8 Å². The quantitative estimate of drug-likeness (QED) is 0.0223. The van der Waals surface area contributed by atoms with Crippen molar-refractivity contribution in [3.63, 3.8) is 0 Å². The van der Waals surface area contributed by atoms with Gasteiger partial charge in [-0.1, -0.05) is 264 Å². The summed E-state index contributed by atoms with van der Waals surface area (Å²) in [5, 5.41) is 72.4. The van der Waals surface area contributed by atoms with Crippen LogP contribution in [0.5, 0.6) is 0 Å². The molecule has 2 fully saturated rings. The van der Waals surface area contributed by atoms with Crippen LogP contribution in [0.3, 0.4) is 0 Å². The minimum Gasteiger partial charge on any atom is -0.457 e. The van der Waals surface area contributed by atoms with Crippen LogP contribution in [0.1, 0.15) is 284 Å². The molecular weight excluding hydrogens is 957 g/mol. The van der Waals surface area contributed by atoms with Crippen molar-refractivity contribution in [2.45, 2.75) is 351 Å². The number of aliphatic hydroxyl groups excluding tert-OH is 7. The monoisotopic (exact) mass is 1070 g/mol. The van der Waals surface area contributed by atoms with Gasteiger partial charge in [-0.3, -0.25) is 4.79 Å². The molecule has 75 heavy (non-hydrogen) atoms. The Balaban J connectivity index is 1.66. The molecule has 446 valence electrons. The molecule has 2 heterocycles. The number of unbranched alkanes of at least 4 members (excludes halogenated alkanes) is 39. The van der Waals surface area contributed by atoms with Gasteiger partial charge < -0.3 is 64.2 Å². The molecule has 0 radical (unpaired) electrons. The maximum atomic E-state index is 13.1. The van der Waals surface area contributed by atoms with Crippen molar-refractivity contribution in [3.8, 4) is 0 Å². The average molecular weight is 1080 g/mol. The van der Waals surface area contributed by atoms with Crippen molar-refractivity contribution in [3.05, 3.63) is 0 Å². The lowest BCUT2D eigenvalue weighted by Gasteiger charge is -2.42. The zero-order chi connectivity index (χ0) is 54.4. The zero-order valence-corrected chi connectivity index (χ0v) is 48.1. The normalized spacial score (nSPS) is 24.5. The van der Waals surface area contributed by atoms with Gasteiger partial charge in [0.05, 0.1) is 26.4 Å². The molecule has 2 rings (SSSR count). The van der Waals surface area contributed by atoms with Gasteiger partial charge in [-0.25, -0.2) is 0 Å². The van der Waals surface area contributed by atoms with E-state index in [0.29, 0.717) is 6.61 Å². The molecule has 0 spiro atoms. The maximum Gasteiger partial charge on any atom is 0.306 e. The number of ether oxygens (including phenoxy) is 6. The maximum absolute atomic E-state index is 13.1. The fourth-order valence-corrected chi connectivity index (χ4v) is 10.5.